The highest BCUT2D eigenvalue weighted by Crippen LogP contribution is 2.30. The van der Waals surface area contributed by atoms with Crippen LogP contribution in [0.4, 0.5) is 5.69 Å². The first kappa shape index (κ1) is 11.5. The molecule has 0 aliphatic carbocycles. The lowest BCUT2D eigenvalue weighted by atomic mass is 10.3. The Morgan fingerprint density at radius 1 is 1.56 bits per heavy atom. The lowest BCUT2D eigenvalue weighted by Gasteiger charge is -2.13. The molecule has 0 unspecified atom stereocenters. The Morgan fingerprint density at radius 2 is 2.39 bits per heavy atom. The van der Waals surface area contributed by atoms with Crippen LogP contribution in [0.25, 0.3) is 10.2 Å². The Balaban J connectivity index is 1.96. The van der Waals surface area contributed by atoms with Crippen LogP contribution in [0.3, 0.4) is 0 Å². The normalized spacial score (nSPS) is 11.0. The van der Waals surface area contributed by atoms with Crippen LogP contribution in [-0.4, -0.2) is 28.1 Å². The Kier molecular flexibility index (Phi) is 2.71. The summed E-state index contributed by atoms with van der Waals surface area (Å²) in [5, 5.41) is 8.52. The van der Waals surface area contributed by atoms with E-state index in [2.05, 4.69) is 31.1 Å². The molecule has 0 radical (unpaired) electrons. The molecular weight excluding hydrogens is 316 g/mol. The predicted molar refractivity (Wildman–Crippen MR) is 75.2 cm³/mol. The van der Waals surface area contributed by atoms with Crippen molar-refractivity contribution < 1.29 is 4.79 Å². The predicted octanol–water partition coefficient (Wildman–Crippen LogP) is 2.99. The molecule has 0 atom stereocenters. The zero-order chi connectivity index (χ0) is 12.7. The summed E-state index contributed by atoms with van der Waals surface area (Å²) in [6, 6.07) is 1.86. The van der Waals surface area contributed by atoms with Gasteiger partial charge in [0.1, 0.15) is 5.69 Å². The van der Waals surface area contributed by atoms with Gasteiger partial charge in [0, 0.05) is 18.6 Å². The average Bonchev–Trinajstić information content (AvgIpc) is 3.06. The third kappa shape index (κ3) is 1.75. The van der Waals surface area contributed by atoms with Crippen LogP contribution in [0, 0.1) is 0 Å². The van der Waals surface area contributed by atoms with E-state index in [1.54, 1.807) is 35.7 Å². The largest absolute Gasteiger partial charge is 0.349 e. The van der Waals surface area contributed by atoms with Crippen LogP contribution in [0.15, 0.2) is 28.3 Å². The smallest absolute Gasteiger partial charge is 0.274 e. The number of aromatic amines is 2. The number of H-pyrrole nitrogens is 2. The molecule has 3 aromatic heterocycles. The van der Waals surface area contributed by atoms with E-state index in [1.807, 2.05) is 11.4 Å². The van der Waals surface area contributed by atoms with Crippen molar-refractivity contribution in [2.75, 3.05) is 11.9 Å². The summed E-state index contributed by atoms with van der Waals surface area (Å²) in [4.78, 5) is 16.9. The maximum absolute atomic E-state index is 12.3. The van der Waals surface area contributed by atoms with Gasteiger partial charge in [0.25, 0.3) is 5.91 Å². The lowest BCUT2D eigenvalue weighted by Crippen LogP contribution is -2.26. The minimum Gasteiger partial charge on any atom is -0.349 e. The number of nitrogens with zero attached hydrogens (tertiary/aromatic N) is 2. The Hall–Kier alpha value is -1.60. The van der Waals surface area contributed by atoms with E-state index in [4.69, 9.17) is 0 Å². The van der Waals surface area contributed by atoms with Crippen molar-refractivity contribution in [3.63, 3.8) is 0 Å². The summed E-state index contributed by atoms with van der Waals surface area (Å²) >= 11 is 5.04. The van der Waals surface area contributed by atoms with Crippen LogP contribution in [-0.2, 0) is 0 Å². The molecule has 0 saturated carbocycles. The molecule has 0 aliphatic heterocycles. The van der Waals surface area contributed by atoms with Crippen molar-refractivity contribution in [2.45, 2.75) is 0 Å². The second-order valence-electron chi connectivity index (χ2n) is 3.83. The lowest BCUT2D eigenvalue weighted by molar-refractivity contribution is 0.0989. The molecule has 18 heavy (non-hydrogen) atoms. The Labute approximate surface area is 115 Å². The molecule has 0 spiro atoms. The van der Waals surface area contributed by atoms with E-state index < -0.39 is 0 Å². The first-order valence-electron chi connectivity index (χ1n) is 5.19. The second-order valence-corrected chi connectivity index (χ2v) is 5.59. The topological polar surface area (TPSA) is 64.8 Å². The van der Waals surface area contributed by atoms with Crippen LogP contribution >= 0.6 is 27.3 Å². The maximum Gasteiger partial charge on any atom is 0.274 e. The highest BCUT2D eigenvalue weighted by molar-refractivity contribution is 9.10. The van der Waals surface area contributed by atoms with E-state index in [0.717, 1.165) is 20.4 Å². The van der Waals surface area contributed by atoms with E-state index in [0.29, 0.717) is 5.69 Å². The number of nitrogens with one attached hydrogen (secondary N) is 2. The van der Waals surface area contributed by atoms with Crippen molar-refractivity contribution in [1.82, 2.24) is 15.2 Å². The number of fused-ring (bicyclic) bond motifs is 1. The van der Waals surface area contributed by atoms with Crippen LogP contribution in [0.5, 0.6) is 0 Å². The fourth-order valence-corrected chi connectivity index (χ4v) is 3.26. The van der Waals surface area contributed by atoms with E-state index in [-0.39, 0.29) is 5.91 Å². The second kappa shape index (κ2) is 4.25. The van der Waals surface area contributed by atoms with Crippen molar-refractivity contribution in [2.24, 2.45) is 0 Å². The van der Waals surface area contributed by atoms with Gasteiger partial charge in [0.15, 0.2) is 0 Å². The van der Waals surface area contributed by atoms with Crippen LogP contribution in [0.2, 0.25) is 0 Å². The zero-order valence-corrected chi connectivity index (χ0v) is 11.8. The number of hydrogen-bond donors (Lipinski definition) is 2. The molecule has 3 aromatic rings. The highest BCUT2D eigenvalue weighted by Gasteiger charge is 2.17. The van der Waals surface area contributed by atoms with Gasteiger partial charge in [0.05, 0.1) is 26.6 Å². The molecule has 2 N–H and O–H groups in total. The van der Waals surface area contributed by atoms with Crippen molar-refractivity contribution in [3.8, 4) is 0 Å². The number of rotatable bonds is 2. The van der Waals surface area contributed by atoms with Gasteiger partial charge in [-0.15, -0.1) is 11.3 Å². The summed E-state index contributed by atoms with van der Waals surface area (Å²) in [7, 11) is 1.72. The number of thiophene rings is 1. The van der Waals surface area contributed by atoms with Crippen molar-refractivity contribution in [3.05, 3.63) is 34.0 Å². The monoisotopic (exact) mass is 324 g/mol. The van der Waals surface area contributed by atoms with Crippen LogP contribution < -0.4 is 4.90 Å². The van der Waals surface area contributed by atoms with Gasteiger partial charge in [-0.1, -0.05) is 0 Å². The van der Waals surface area contributed by atoms with Gasteiger partial charge in [-0.2, -0.15) is 5.10 Å². The number of amides is 1. The summed E-state index contributed by atoms with van der Waals surface area (Å²) in [5.41, 5.74) is 2.27. The molecule has 3 heterocycles. The molecule has 5 nitrogen and oxygen atoms in total. The summed E-state index contributed by atoms with van der Waals surface area (Å²) in [6.45, 7) is 0. The van der Waals surface area contributed by atoms with E-state index in [9.17, 15) is 4.79 Å². The Morgan fingerprint density at radius 3 is 3.06 bits per heavy atom. The standard InChI is InChI=1S/C11H9BrN4OS/c1-16(6-3-13-14-4-6)11(17)8-2-9-10(15-8)7(12)5-18-9/h2-5,15H,1H3,(H,13,14). The molecule has 1 amide bonds. The number of halogens is 1. The molecule has 0 fully saturated rings. The van der Waals surface area contributed by atoms with Gasteiger partial charge >= 0.3 is 0 Å². The molecule has 3 rings (SSSR count). The maximum atomic E-state index is 12.3. The van der Waals surface area contributed by atoms with Crippen molar-refractivity contribution in [1.29, 1.82) is 0 Å². The minimum absolute atomic E-state index is 0.0910. The summed E-state index contributed by atoms with van der Waals surface area (Å²) in [5.74, 6) is -0.0910. The minimum atomic E-state index is -0.0910. The fourth-order valence-electron chi connectivity index (χ4n) is 1.72. The highest BCUT2D eigenvalue weighted by atomic mass is 79.9. The van der Waals surface area contributed by atoms with Gasteiger partial charge in [-0.05, 0) is 22.0 Å². The zero-order valence-electron chi connectivity index (χ0n) is 9.40. The van der Waals surface area contributed by atoms with Gasteiger partial charge in [-0.25, -0.2) is 0 Å². The summed E-state index contributed by atoms with van der Waals surface area (Å²) in [6.07, 6.45) is 3.29. The van der Waals surface area contributed by atoms with E-state index >= 15 is 0 Å². The Bertz CT molecular complexity index is 700. The third-order valence-electron chi connectivity index (χ3n) is 2.72. The molecule has 0 aliphatic rings. The average molecular weight is 325 g/mol. The molecule has 0 aromatic carbocycles. The third-order valence-corrected chi connectivity index (χ3v) is 4.57. The van der Waals surface area contributed by atoms with Gasteiger partial charge < -0.3 is 9.88 Å². The first-order valence-corrected chi connectivity index (χ1v) is 6.86. The fraction of sp³-hybridized carbons (Fsp3) is 0.0909. The molecule has 92 valence electrons. The van der Waals surface area contributed by atoms with E-state index in [1.165, 1.54) is 0 Å². The number of anilines is 1. The number of carbonyl (C=O) groups excluding carboxylic acids is 1. The molecule has 0 saturated heterocycles. The van der Waals surface area contributed by atoms with Crippen molar-refractivity contribution >= 4 is 49.1 Å². The number of hydrogen-bond acceptors (Lipinski definition) is 3. The first-order chi connectivity index (χ1) is 8.66. The van der Waals surface area contributed by atoms with Gasteiger partial charge in [-0.3, -0.25) is 9.89 Å². The number of carbonyl (C=O) groups is 1. The molecule has 0 bridgehead atoms. The van der Waals surface area contributed by atoms with Gasteiger partial charge in [0.2, 0.25) is 0 Å². The quantitative estimate of drug-likeness (QED) is 0.761. The SMILES string of the molecule is CN(C(=O)c1cc2scc(Br)c2[nH]1)c1cn[nH]c1. The molecular formula is C11H9BrN4OS. The number of aromatic nitrogens is 3. The van der Waals surface area contributed by atoms with Crippen LogP contribution in [0.1, 0.15) is 10.5 Å². The summed E-state index contributed by atoms with van der Waals surface area (Å²) < 4.78 is 2.04. The molecule has 7 heteroatoms.